The molecule has 0 radical (unpaired) electrons. The van der Waals surface area contributed by atoms with Crippen LogP contribution in [0.3, 0.4) is 0 Å². The van der Waals surface area contributed by atoms with Crippen molar-refractivity contribution in [2.45, 2.75) is 6.42 Å². The average Bonchev–Trinajstić information content (AvgIpc) is 2.39. The van der Waals surface area contributed by atoms with Crippen molar-refractivity contribution in [3.63, 3.8) is 0 Å². The van der Waals surface area contributed by atoms with E-state index in [2.05, 4.69) is 4.99 Å². The third-order valence-electron chi connectivity index (χ3n) is 2.08. The van der Waals surface area contributed by atoms with Crippen molar-refractivity contribution >= 4 is 23.9 Å². The smallest absolute Gasteiger partial charge is 0.331 e. The molecule has 0 bridgehead atoms. The first-order chi connectivity index (χ1) is 6.77. The summed E-state index contributed by atoms with van der Waals surface area (Å²) < 4.78 is 0. The summed E-state index contributed by atoms with van der Waals surface area (Å²) in [6, 6.07) is 7.49. The van der Waals surface area contributed by atoms with Gasteiger partial charge in [0, 0.05) is 23.8 Å². The fourth-order valence-electron chi connectivity index (χ4n) is 1.37. The second kappa shape index (κ2) is 3.46. The van der Waals surface area contributed by atoms with Crippen molar-refractivity contribution in [1.82, 2.24) is 0 Å². The summed E-state index contributed by atoms with van der Waals surface area (Å²) in [5, 5.41) is 8.86. The fourth-order valence-corrected chi connectivity index (χ4v) is 1.37. The van der Waals surface area contributed by atoms with Crippen LogP contribution in [0.5, 0.6) is 0 Å². The molecule has 0 unspecified atom stereocenters. The molecule has 1 aliphatic rings. The summed E-state index contributed by atoms with van der Waals surface area (Å²) in [4.78, 5) is 15.0. The molecule has 0 spiro atoms. The minimum absolute atomic E-state index is 0.374. The van der Waals surface area contributed by atoms with Crippen LogP contribution in [0.2, 0.25) is 0 Å². The third-order valence-corrected chi connectivity index (χ3v) is 2.08. The average molecular weight is 187 g/mol. The molecule has 0 saturated carbocycles. The zero-order chi connectivity index (χ0) is 9.97. The van der Waals surface area contributed by atoms with Crippen LogP contribution in [0.4, 0.5) is 5.69 Å². The molecular formula is C11H9NO2. The zero-order valence-electron chi connectivity index (χ0n) is 7.47. The number of aliphatic imine (C=N–C) groups is 1. The van der Waals surface area contributed by atoms with Crippen LogP contribution in [0, 0.1) is 0 Å². The maximum atomic E-state index is 10.8. The first kappa shape index (κ1) is 8.69. The minimum atomic E-state index is -0.881. The number of carboxylic acids is 1. The highest BCUT2D eigenvalue weighted by molar-refractivity contribution is 5.97. The number of fused-ring (bicyclic) bond motifs is 1. The van der Waals surface area contributed by atoms with E-state index >= 15 is 0 Å². The maximum Gasteiger partial charge on any atom is 0.331 e. The standard InChI is InChI=1S/C11H9NO2/c13-11(14)9-5-6-12-10-4-2-1-3-8(10)7-9/h1-4,6-7H,5H2,(H,13,14). The normalized spacial score (nSPS) is 14.1. The third kappa shape index (κ3) is 1.57. The summed E-state index contributed by atoms with van der Waals surface area (Å²) >= 11 is 0. The second-order valence-corrected chi connectivity index (χ2v) is 3.05. The number of rotatable bonds is 1. The highest BCUT2D eigenvalue weighted by Crippen LogP contribution is 2.24. The van der Waals surface area contributed by atoms with Crippen LogP contribution < -0.4 is 0 Å². The summed E-state index contributed by atoms with van der Waals surface area (Å²) in [5.74, 6) is -0.881. The van der Waals surface area contributed by atoms with Crippen molar-refractivity contribution in [3.8, 4) is 0 Å². The van der Waals surface area contributed by atoms with Gasteiger partial charge in [0.15, 0.2) is 0 Å². The largest absolute Gasteiger partial charge is 0.478 e. The molecule has 1 aliphatic heterocycles. The Morgan fingerprint density at radius 1 is 1.36 bits per heavy atom. The van der Waals surface area contributed by atoms with Gasteiger partial charge in [0.1, 0.15) is 0 Å². The van der Waals surface area contributed by atoms with E-state index in [0.717, 1.165) is 11.3 Å². The lowest BCUT2D eigenvalue weighted by Crippen LogP contribution is -1.99. The first-order valence-electron chi connectivity index (χ1n) is 4.33. The molecule has 0 amide bonds. The van der Waals surface area contributed by atoms with Gasteiger partial charge in [-0.3, -0.25) is 4.99 Å². The van der Waals surface area contributed by atoms with E-state index < -0.39 is 5.97 Å². The number of benzene rings is 1. The Morgan fingerprint density at radius 2 is 2.14 bits per heavy atom. The topological polar surface area (TPSA) is 49.7 Å². The van der Waals surface area contributed by atoms with E-state index in [0.29, 0.717) is 12.0 Å². The number of hydrogen-bond acceptors (Lipinski definition) is 2. The quantitative estimate of drug-likeness (QED) is 0.733. The lowest BCUT2D eigenvalue weighted by Gasteiger charge is -1.97. The molecular weight excluding hydrogens is 178 g/mol. The monoisotopic (exact) mass is 187 g/mol. The number of hydrogen-bond donors (Lipinski definition) is 1. The zero-order valence-corrected chi connectivity index (χ0v) is 7.47. The van der Waals surface area contributed by atoms with Crippen molar-refractivity contribution in [1.29, 1.82) is 0 Å². The van der Waals surface area contributed by atoms with Gasteiger partial charge >= 0.3 is 5.97 Å². The van der Waals surface area contributed by atoms with Crippen molar-refractivity contribution in [2.75, 3.05) is 0 Å². The van der Waals surface area contributed by atoms with E-state index in [1.807, 2.05) is 24.3 Å². The Hall–Kier alpha value is -1.90. The molecule has 3 heteroatoms. The lowest BCUT2D eigenvalue weighted by molar-refractivity contribution is -0.132. The van der Waals surface area contributed by atoms with Crippen molar-refractivity contribution < 1.29 is 9.90 Å². The molecule has 1 aromatic rings. The van der Waals surface area contributed by atoms with E-state index in [9.17, 15) is 4.79 Å². The highest BCUT2D eigenvalue weighted by Gasteiger charge is 2.09. The Bertz CT molecular complexity index is 433. The summed E-state index contributed by atoms with van der Waals surface area (Å²) in [5.41, 5.74) is 2.06. The number of carbonyl (C=O) groups is 1. The molecule has 14 heavy (non-hydrogen) atoms. The van der Waals surface area contributed by atoms with Gasteiger partial charge in [0.05, 0.1) is 5.69 Å². The van der Waals surface area contributed by atoms with E-state index in [-0.39, 0.29) is 0 Å². The Morgan fingerprint density at radius 3 is 2.93 bits per heavy atom. The van der Waals surface area contributed by atoms with Gasteiger partial charge in [0.25, 0.3) is 0 Å². The van der Waals surface area contributed by atoms with Crippen LogP contribution >= 0.6 is 0 Å². The fraction of sp³-hybridized carbons (Fsp3) is 0.0909. The second-order valence-electron chi connectivity index (χ2n) is 3.05. The predicted molar refractivity (Wildman–Crippen MR) is 54.8 cm³/mol. The van der Waals surface area contributed by atoms with Gasteiger partial charge < -0.3 is 5.11 Å². The molecule has 1 N–H and O–H groups in total. The number of aliphatic carboxylic acids is 1. The minimum Gasteiger partial charge on any atom is -0.478 e. The van der Waals surface area contributed by atoms with Crippen LogP contribution in [-0.4, -0.2) is 17.3 Å². The SMILES string of the molecule is O=C(O)C1=Cc2ccccc2N=CC1. The molecule has 0 atom stereocenters. The molecule has 70 valence electrons. The van der Waals surface area contributed by atoms with Crippen molar-refractivity contribution in [3.05, 3.63) is 35.4 Å². The Kier molecular flexibility index (Phi) is 2.14. The highest BCUT2D eigenvalue weighted by atomic mass is 16.4. The maximum absolute atomic E-state index is 10.8. The predicted octanol–water partition coefficient (Wildman–Crippen LogP) is 2.26. The van der Waals surface area contributed by atoms with Gasteiger partial charge in [-0.1, -0.05) is 18.2 Å². The summed E-state index contributed by atoms with van der Waals surface area (Å²) in [6.45, 7) is 0. The molecule has 0 aromatic heterocycles. The van der Waals surface area contributed by atoms with Crippen LogP contribution in [0.1, 0.15) is 12.0 Å². The van der Waals surface area contributed by atoms with Gasteiger partial charge in [-0.2, -0.15) is 0 Å². The first-order valence-corrected chi connectivity index (χ1v) is 4.33. The van der Waals surface area contributed by atoms with E-state index in [4.69, 9.17) is 5.11 Å². The van der Waals surface area contributed by atoms with Crippen LogP contribution in [0.15, 0.2) is 34.8 Å². The van der Waals surface area contributed by atoms with Crippen LogP contribution in [0.25, 0.3) is 6.08 Å². The molecule has 2 rings (SSSR count). The molecule has 0 fully saturated rings. The van der Waals surface area contributed by atoms with Crippen LogP contribution in [-0.2, 0) is 4.79 Å². The molecule has 3 nitrogen and oxygen atoms in total. The Balaban J connectivity index is 2.52. The molecule has 0 aliphatic carbocycles. The molecule has 0 saturated heterocycles. The summed E-state index contributed by atoms with van der Waals surface area (Å²) in [6.07, 6.45) is 3.68. The molecule has 1 heterocycles. The van der Waals surface area contributed by atoms with Gasteiger partial charge in [-0.15, -0.1) is 0 Å². The van der Waals surface area contributed by atoms with Gasteiger partial charge in [-0.25, -0.2) is 4.79 Å². The van der Waals surface area contributed by atoms with Gasteiger partial charge in [0.2, 0.25) is 0 Å². The van der Waals surface area contributed by atoms with E-state index in [1.165, 1.54) is 0 Å². The number of nitrogens with zero attached hydrogens (tertiary/aromatic N) is 1. The van der Waals surface area contributed by atoms with E-state index in [1.54, 1.807) is 12.3 Å². The number of carboxylic acid groups (broad SMARTS) is 1. The van der Waals surface area contributed by atoms with Crippen molar-refractivity contribution in [2.24, 2.45) is 4.99 Å². The summed E-state index contributed by atoms with van der Waals surface area (Å²) in [7, 11) is 0. The Labute approximate surface area is 81.4 Å². The van der Waals surface area contributed by atoms with Gasteiger partial charge in [-0.05, 0) is 12.1 Å². The number of para-hydroxylation sites is 1. The molecule has 1 aromatic carbocycles. The lowest BCUT2D eigenvalue weighted by atomic mass is 10.1.